The molecule has 3 aromatic rings. The molecular formula is C25H22N2O4. The number of nitrogens with zero attached hydrogens (tertiary/aromatic N) is 1. The van der Waals surface area contributed by atoms with E-state index in [1.807, 2.05) is 42.5 Å². The van der Waals surface area contributed by atoms with Gasteiger partial charge in [-0.3, -0.25) is 19.3 Å². The van der Waals surface area contributed by atoms with Crippen LogP contribution in [0.3, 0.4) is 0 Å². The highest BCUT2D eigenvalue weighted by molar-refractivity contribution is 6.16. The Labute approximate surface area is 180 Å². The number of anilines is 2. The first-order valence-corrected chi connectivity index (χ1v) is 10.1. The quantitative estimate of drug-likeness (QED) is 0.616. The number of benzene rings is 3. The summed E-state index contributed by atoms with van der Waals surface area (Å²) >= 11 is 0. The van der Waals surface area contributed by atoms with Crippen LogP contribution < -0.4 is 15.0 Å². The minimum absolute atomic E-state index is 0.196. The first-order valence-electron chi connectivity index (χ1n) is 10.1. The Balaban J connectivity index is 1.57. The van der Waals surface area contributed by atoms with Crippen LogP contribution in [-0.2, 0) is 9.59 Å². The molecule has 0 aromatic heterocycles. The number of carbonyl (C=O) groups is 3. The first kappa shape index (κ1) is 20.3. The number of para-hydroxylation sites is 1. The van der Waals surface area contributed by atoms with Gasteiger partial charge in [-0.05, 0) is 48.4 Å². The van der Waals surface area contributed by atoms with E-state index in [2.05, 4.69) is 5.32 Å². The fourth-order valence-corrected chi connectivity index (χ4v) is 3.72. The predicted octanol–water partition coefficient (Wildman–Crippen LogP) is 4.66. The smallest absolute Gasteiger partial charge is 0.256 e. The van der Waals surface area contributed by atoms with Gasteiger partial charge < -0.3 is 10.1 Å². The van der Waals surface area contributed by atoms with Crippen LogP contribution in [-0.4, -0.2) is 24.8 Å². The molecule has 31 heavy (non-hydrogen) atoms. The Morgan fingerprint density at radius 1 is 0.839 bits per heavy atom. The lowest BCUT2D eigenvalue weighted by Gasteiger charge is -2.25. The molecule has 0 radical (unpaired) electrons. The Bertz CT molecular complexity index is 1120. The van der Waals surface area contributed by atoms with E-state index < -0.39 is 0 Å². The minimum atomic E-state index is -0.264. The summed E-state index contributed by atoms with van der Waals surface area (Å²) in [5.41, 5.74) is 3.19. The number of piperidine rings is 1. The van der Waals surface area contributed by atoms with Gasteiger partial charge in [0.25, 0.3) is 5.91 Å². The van der Waals surface area contributed by atoms with Crippen molar-refractivity contribution in [2.45, 2.75) is 19.3 Å². The fraction of sp³-hybridized carbons (Fsp3) is 0.160. The summed E-state index contributed by atoms with van der Waals surface area (Å²) in [5.74, 6) is 0.0277. The van der Waals surface area contributed by atoms with Crippen LogP contribution in [0, 0.1) is 0 Å². The zero-order chi connectivity index (χ0) is 21.8. The molecule has 1 heterocycles. The number of methoxy groups -OCH3 is 1. The van der Waals surface area contributed by atoms with Crippen LogP contribution in [0.15, 0.2) is 72.8 Å². The van der Waals surface area contributed by atoms with Gasteiger partial charge in [0, 0.05) is 29.7 Å². The SMILES string of the molecule is COc1ccccc1-c1ccccc1C(=O)Nc1ccc(N2C(=O)CCCC2=O)cc1. The van der Waals surface area contributed by atoms with Gasteiger partial charge in [-0.15, -0.1) is 0 Å². The average Bonchev–Trinajstić information content (AvgIpc) is 2.80. The second kappa shape index (κ2) is 8.83. The highest BCUT2D eigenvalue weighted by atomic mass is 16.5. The van der Waals surface area contributed by atoms with Crippen LogP contribution in [0.2, 0.25) is 0 Å². The van der Waals surface area contributed by atoms with Crippen molar-refractivity contribution in [2.24, 2.45) is 0 Å². The number of amides is 3. The summed E-state index contributed by atoms with van der Waals surface area (Å²) in [4.78, 5) is 38.4. The number of ether oxygens (including phenoxy) is 1. The molecule has 0 aliphatic carbocycles. The molecule has 0 atom stereocenters. The number of hydrogen-bond acceptors (Lipinski definition) is 4. The highest BCUT2D eigenvalue weighted by Crippen LogP contribution is 2.32. The van der Waals surface area contributed by atoms with Crippen LogP contribution in [0.5, 0.6) is 5.75 Å². The monoisotopic (exact) mass is 414 g/mol. The van der Waals surface area contributed by atoms with E-state index in [1.54, 1.807) is 37.4 Å². The van der Waals surface area contributed by atoms with Crippen molar-refractivity contribution >= 4 is 29.1 Å². The number of imide groups is 1. The number of nitrogens with one attached hydrogen (secondary N) is 1. The zero-order valence-corrected chi connectivity index (χ0v) is 17.1. The van der Waals surface area contributed by atoms with Crippen molar-refractivity contribution in [3.63, 3.8) is 0 Å². The highest BCUT2D eigenvalue weighted by Gasteiger charge is 2.27. The summed E-state index contributed by atoms with van der Waals surface area (Å²) in [6.07, 6.45) is 1.32. The second-order valence-electron chi connectivity index (χ2n) is 7.22. The molecule has 0 spiro atoms. The topological polar surface area (TPSA) is 75.7 Å². The van der Waals surface area contributed by atoms with E-state index in [0.717, 1.165) is 11.1 Å². The van der Waals surface area contributed by atoms with E-state index in [1.165, 1.54) is 4.90 Å². The molecule has 6 nitrogen and oxygen atoms in total. The molecule has 4 rings (SSSR count). The zero-order valence-electron chi connectivity index (χ0n) is 17.1. The molecule has 156 valence electrons. The molecule has 0 bridgehead atoms. The van der Waals surface area contributed by atoms with E-state index in [4.69, 9.17) is 4.74 Å². The van der Waals surface area contributed by atoms with E-state index >= 15 is 0 Å². The van der Waals surface area contributed by atoms with Crippen LogP contribution in [0.1, 0.15) is 29.6 Å². The van der Waals surface area contributed by atoms with Crippen molar-refractivity contribution in [3.05, 3.63) is 78.4 Å². The van der Waals surface area contributed by atoms with Gasteiger partial charge in [-0.2, -0.15) is 0 Å². The molecule has 1 aliphatic rings. The van der Waals surface area contributed by atoms with Crippen molar-refractivity contribution in [2.75, 3.05) is 17.3 Å². The molecule has 0 unspecified atom stereocenters. The molecule has 1 fully saturated rings. The van der Waals surface area contributed by atoms with Crippen molar-refractivity contribution in [1.29, 1.82) is 0 Å². The predicted molar refractivity (Wildman–Crippen MR) is 119 cm³/mol. The summed E-state index contributed by atoms with van der Waals surface area (Å²) in [7, 11) is 1.60. The third kappa shape index (κ3) is 4.19. The van der Waals surface area contributed by atoms with Gasteiger partial charge in [0.15, 0.2) is 0 Å². The van der Waals surface area contributed by atoms with Gasteiger partial charge in [0.2, 0.25) is 11.8 Å². The Hall–Kier alpha value is -3.93. The standard InChI is InChI=1S/C25H22N2O4/c1-31-22-10-5-4-8-20(22)19-7-2-3-9-21(19)25(30)26-17-13-15-18(16-14-17)27-23(28)11-6-12-24(27)29/h2-5,7-10,13-16H,6,11-12H2,1H3,(H,26,30). The average molecular weight is 414 g/mol. The molecule has 0 saturated carbocycles. The third-order valence-electron chi connectivity index (χ3n) is 5.23. The van der Waals surface area contributed by atoms with Crippen LogP contribution in [0.4, 0.5) is 11.4 Å². The van der Waals surface area contributed by atoms with Crippen LogP contribution >= 0.6 is 0 Å². The molecule has 3 aromatic carbocycles. The van der Waals surface area contributed by atoms with Gasteiger partial charge in [-0.25, -0.2) is 0 Å². The number of hydrogen-bond donors (Lipinski definition) is 1. The van der Waals surface area contributed by atoms with Crippen molar-refractivity contribution < 1.29 is 19.1 Å². The maximum absolute atomic E-state index is 13.0. The third-order valence-corrected chi connectivity index (χ3v) is 5.23. The van der Waals surface area contributed by atoms with Gasteiger partial charge in [0.1, 0.15) is 5.75 Å². The summed E-state index contributed by atoms with van der Waals surface area (Å²) < 4.78 is 5.45. The lowest BCUT2D eigenvalue weighted by molar-refractivity contribution is -0.129. The molecule has 6 heteroatoms. The Kier molecular flexibility index (Phi) is 5.80. The first-order chi connectivity index (χ1) is 15.1. The fourth-order valence-electron chi connectivity index (χ4n) is 3.72. The molecule has 1 aliphatic heterocycles. The maximum Gasteiger partial charge on any atom is 0.256 e. The minimum Gasteiger partial charge on any atom is -0.496 e. The normalized spacial score (nSPS) is 13.8. The van der Waals surface area contributed by atoms with E-state index in [-0.39, 0.29) is 17.7 Å². The van der Waals surface area contributed by atoms with Crippen LogP contribution in [0.25, 0.3) is 11.1 Å². The molecule has 1 saturated heterocycles. The Morgan fingerprint density at radius 3 is 2.13 bits per heavy atom. The van der Waals surface area contributed by atoms with Gasteiger partial charge >= 0.3 is 0 Å². The van der Waals surface area contributed by atoms with Crippen molar-refractivity contribution in [1.82, 2.24) is 0 Å². The number of carbonyl (C=O) groups excluding carboxylic acids is 3. The largest absolute Gasteiger partial charge is 0.496 e. The molecule has 1 N–H and O–H groups in total. The lowest BCUT2D eigenvalue weighted by atomic mass is 9.98. The van der Waals surface area contributed by atoms with Gasteiger partial charge in [0.05, 0.1) is 12.8 Å². The summed E-state index contributed by atoms with van der Waals surface area (Å²) in [5, 5.41) is 2.89. The second-order valence-corrected chi connectivity index (χ2v) is 7.22. The lowest BCUT2D eigenvalue weighted by Crippen LogP contribution is -2.40. The maximum atomic E-state index is 13.0. The molecular weight excluding hydrogens is 392 g/mol. The summed E-state index contributed by atoms with van der Waals surface area (Å²) in [6, 6.07) is 21.6. The summed E-state index contributed by atoms with van der Waals surface area (Å²) in [6.45, 7) is 0. The Morgan fingerprint density at radius 2 is 1.45 bits per heavy atom. The van der Waals surface area contributed by atoms with E-state index in [9.17, 15) is 14.4 Å². The van der Waals surface area contributed by atoms with E-state index in [0.29, 0.717) is 42.0 Å². The molecule has 3 amide bonds. The van der Waals surface area contributed by atoms with Crippen molar-refractivity contribution in [3.8, 4) is 16.9 Å². The number of rotatable bonds is 5. The van der Waals surface area contributed by atoms with Gasteiger partial charge in [-0.1, -0.05) is 36.4 Å².